The van der Waals surface area contributed by atoms with Crippen molar-refractivity contribution in [2.45, 2.75) is 104 Å². The van der Waals surface area contributed by atoms with E-state index in [1.54, 1.807) is 32.9 Å². The van der Waals surface area contributed by atoms with Crippen LogP contribution in [0.3, 0.4) is 0 Å². The molecule has 3 N–H and O–H groups in total. The summed E-state index contributed by atoms with van der Waals surface area (Å²) in [6.45, 7) is 11.1. The van der Waals surface area contributed by atoms with Gasteiger partial charge in [0.15, 0.2) is 0 Å². The summed E-state index contributed by atoms with van der Waals surface area (Å²) in [4.78, 5) is 54.9. The Labute approximate surface area is 267 Å². The maximum Gasteiger partial charge on any atom is 0.408 e. The Balaban J connectivity index is 2.58. The Kier molecular flexibility index (Phi) is 14.9. The maximum absolute atomic E-state index is 14.6. The highest BCUT2D eigenvalue weighted by atomic mass is 16.6. The first-order valence-corrected chi connectivity index (χ1v) is 15.7. The first-order chi connectivity index (χ1) is 21.2. The molecule has 0 fully saturated rings. The molecule has 0 spiro atoms. The number of phenolic OH excluding ortho intramolecular Hbond substituents is 1. The molecule has 0 heterocycles. The van der Waals surface area contributed by atoms with Gasteiger partial charge >= 0.3 is 12.1 Å². The molecule has 0 aliphatic heterocycles. The average molecular weight is 626 g/mol. The van der Waals surface area contributed by atoms with Crippen molar-refractivity contribution < 1.29 is 33.8 Å². The molecule has 2 unspecified atom stereocenters. The fraction of sp³-hybridized carbons (Fsp3) is 0.543. The highest BCUT2D eigenvalue weighted by molar-refractivity contribution is 5.93. The first kappa shape index (κ1) is 37.1. The molecule has 2 atom stereocenters. The zero-order valence-corrected chi connectivity index (χ0v) is 27.9. The van der Waals surface area contributed by atoms with E-state index in [2.05, 4.69) is 17.6 Å². The number of rotatable bonds is 16. The van der Waals surface area contributed by atoms with Crippen molar-refractivity contribution in [2.75, 3.05) is 20.2 Å². The topological polar surface area (TPSA) is 134 Å². The summed E-state index contributed by atoms with van der Waals surface area (Å²) in [6, 6.07) is 9.88. The van der Waals surface area contributed by atoms with Gasteiger partial charge in [0.05, 0.1) is 7.11 Å². The van der Waals surface area contributed by atoms with Gasteiger partial charge in [-0.15, -0.1) is 0 Å². The molecule has 0 radical (unpaired) electrons. The van der Waals surface area contributed by atoms with Crippen LogP contribution in [0.5, 0.6) is 5.75 Å². The Bertz CT molecular complexity index is 1250. The third kappa shape index (κ3) is 13.2. The number of esters is 1. The largest absolute Gasteiger partial charge is 0.508 e. The first-order valence-electron chi connectivity index (χ1n) is 15.7. The Morgan fingerprint density at radius 1 is 0.911 bits per heavy atom. The molecule has 2 aromatic carbocycles. The summed E-state index contributed by atoms with van der Waals surface area (Å²) >= 11 is 0. The smallest absolute Gasteiger partial charge is 0.408 e. The lowest BCUT2D eigenvalue weighted by Crippen LogP contribution is -2.54. The average Bonchev–Trinajstić information content (AvgIpc) is 2.95. The number of carbonyl (C=O) groups excluding carboxylic acids is 4. The van der Waals surface area contributed by atoms with Crippen molar-refractivity contribution in [2.24, 2.45) is 0 Å². The number of phenols is 1. The molecule has 3 amide bonds. The number of nitrogens with one attached hydrogen (secondary N) is 2. The van der Waals surface area contributed by atoms with Gasteiger partial charge in [0.1, 0.15) is 30.0 Å². The van der Waals surface area contributed by atoms with Crippen LogP contribution in [0.4, 0.5) is 4.79 Å². The van der Waals surface area contributed by atoms with Crippen LogP contribution in [0.25, 0.3) is 0 Å². The van der Waals surface area contributed by atoms with Crippen molar-refractivity contribution in [3.8, 4) is 5.75 Å². The Morgan fingerprint density at radius 3 is 2.09 bits per heavy atom. The number of ether oxygens (including phenoxy) is 2. The maximum atomic E-state index is 14.6. The van der Waals surface area contributed by atoms with Crippen LogP contribution in [0.2, 0.25) is 0 Å². The number of unbranched alkanes of at least 4 members (excludes halogenated alkanes) is 5. The molecule has 45 heavy (non-hydrogen) atoms. The van der Waals surface area contributed by atoms with Crippen LogP contribution < -0.4 is 10.6 Å². The lowest BCUT2D eigenvalue weighted by Gasteiger charge is -2.35. The van der Waals surface area contributed by atoms with Crippen molar-refractivity contribution in [1.82, 2.24) is 15.5 Å². The number of aromatic hydroxyl groups is 1. The highest BCUT2D eigenvalue weighted by Gasteiger charge is 2.36. The number of benzene rings is 2. The van der Waals surface area contributed by atoms with Crippen LogP contribution in [0, 0.1) is 13.8 Å². The molecule has 0 saturated carbocycles. The van der Waals surface area contributed by atoms with Gasteiger partial charge in [-0.1, -0.05) is 80.5 Å². The van der Waals surface area contributed by atoms with E-state index in [-0.39, 0.29) is 25.3 Å². The summed E-state index contributed by atoms with van der Waals surface area (Å²) in [5.74, 6) is -1.55. The summed E-state index contributed by atoms with van der Waals surface area (Å²) in [5.41, 5.74) is 2.31. The minimum atomic E-state index is -1.09. The lowest BCUT2D eigenvalue weighted by molar-refractivity contribution is -0.144. The van der Waals surface area contributed by atoms with Gasteiger partial charge in [-0.3, -0.25) is 14.4 Å². The van der Waals surface area contributed by atoms with Crippen molar-refractivity contribution in [3.63, 3.8) is 0 Å². The number of nitrogens with zero attached hydrogens (tertiary/aromatic N) is 1. The predicted molar refractivity (Wildman–Crippen MR) is 174 cm³/mol. The van der Waals surface area contributed by atoms with Crippen LogP contribution in [0.1, 0.15) is 94.5 Å². The van der Waals surface area contributed by atoms with Gasteiger partial charge in [-0.25, -0.2) is 4.79 Å². The number of amides is 3. The van der Waals surface area contributed by atoms with Crippen LogP contribution >= 0.6 is 0 Å². The number of hydrogen-bond donors (Lipinski definition) is 3. The van der Waals surface area contributed by atoms with E-state index in [0.717, 1.165) is 43.2 Å². The molecule has 0 aliphatic rings. The number of aryl methyl sites for hydroxylation is 2. The van der Waals surface area contributed by atoms with Gasteiger partial charge in [-0.2, -0.15) is 0 Å². The molecule has 0 saturated heterocycles. The van der Waals surface area contributed by atoms with E-state index < -0.39 is 41.6 Å². The molecule has 248 valence electrons. The summed E-state index contributed by atoms with van der Waals surface area (Å²) in [6.07, 6.45) is 5.12. The quantitative estimate of drug-likeness (QED) is 0.162. The highest BCUT2D eigenvalue weighted by Crippen LogP contribution is 2.27. The molecule has 0 bridgehead atoms. The van der Waals surface area contributed by atoms with Crippen LogP contribution in [-0.2, 0) is 30.3 Å². The van der Waals surface area contributed by atoms with Gasteiger partial charge < -0.3 is 30.1 Å². The van der Waals surface area contributed by atoms with Gasteiger partial charge in [0.2, 0.25) is 11.8 Å². The van der Waals surface area contributed by atoms with Crippen LogP contribution in [-0.4, -0.2) is 65.7 Å². The molecule has 0 aromatic heterocycles. The molecule has 10 heteroatoms. The van der Waals surface area contributed by atoms with E-state index >= 15 is 0 Å². The summed E-state index contributed by atoms with van der Waals surface area (Å²) in [7, 11) is 1.24. The predicted octanol–water partition coefficient (Wildman–Crippen LogP) is 5.66. The van der Waals surface area contributed by atoms with Gasteiger partial charge in [0, 0.05) is 13.0 Å². The number of alkyl carbamates (subject to hydrolysis) is 1. The molecular formula is C35H51N3O7. The van der Waals surface area contributed by atoms with Crippen molar-refractivity contribution in [3.05, 3.63) is 64.7 Å². The van der Waals surface area contributed by atoms with E-state index in [1.807, 2.05) is 32.0 Å². The Morgan fingerprint density at radius 2 is 1.51 bits per heavy atom. The van der Waals surface area contributed by atoms with Crippen molar-refractivity contribution >= 4 is 23.9 Å². The third-order valence-electron chi connectivity index (χ3n) is 7.16. The summed E-state index contributed by atoms with van der Waals surface area (Å²) in [5, 5.41) is 15.2. The SMILES string of the molecule is CCCCCCCCN(C(=O)C(Cc1ccc(O)cc1)NC(=O)OC(C)(C)C)C(C(=O)NCC(=O)OC)c1cc(C)cc(C)c1. The lowest BCUT2D eigenvalue weighted by atomic mass is 9.97. The standard InChI is InChI=1S/C35H51N3O7/c1-8-9-10-11-12-13-18-38(31(32(41)36-23-30(40)44-7)27-20-24(2)19-25(3)21-27)33(42)29(37-34(43)45-35(4,5)6)22-26-14-16-28(39)17-15-26/h14-17,19-21,29,31,39H,8-13,18,22-23H2,1-7H3,(H,36,41)(H,37,43). The molecule has 10 nitrogen and oxygen atoms in total. The fourth-order valence-corrected chi connectivity index (χ4v) is 5.12. The monoisotopic (exact) mass is 625 g/mol. The number of carbonyl (C=O) groups is 4. The minimum absolute atomic E-state index is 0.0728. The molecule has 2 rings (SSSR count). The van der Waals surface area contributed by atoms with E-state index in [4.69, 9.17) is 9.47 Å². The van der Waals surface area contributed by atoms with E-state index in [1.165, 1.54) is 24.1 Å². The van der Waals surface area contributed by atoms with Gasteiger partial charge in [0.25, 0.3) is 0 Å². The third-order valence-corrected chi connectivity index (χ3v) is 7.16. The normalized spacial score (nSPS) is 12.5. The number of methoxy groups -OCH3 is 1. The minimum Gasteiger partial charge on any atom is -0.508 e. The van der Waals surface area contributed by atoms with E-state index in [9.17, 15) is 24.3 Å². The zero-order chi connectivity index (χ0) is 33.6. The van der Waals surface area contributed by atoms with Gasteiger partial charge in [-0.05, 0) is 64.3 Å². The van der Waals surface area contributed by atoms with Crippen molar-refractivity contribution in [1.29, 1.82) is 0 Å². The second-order valence-electron chi connectivity index (χ2n) is 12.5. The second-order valence-corrected chi connectivity index (χ2v) is 12.5. The zero-order valence-electron chi connectivity index (χ0n) is 27.9. The number of hydrogen-bond acceptors (Lipinski definition) is 7. The molecule has 0 aliphatic carbocycles. The molecule has 2 aromatic rings. The van der Waals surface area contributed by atoms with E-state index in [0.29, 0.717) is 17.5 Å². The molecular weight excluding hydrogens is 574 g/mol. The van der Waals surface area contributed by atoms with Crippen LogP contribution in [0.15, 0.2) is 42.5 Å². The Hall–Kier alpha value is -4.08. The fourth-order valence-electron chi connectivity index (χ4n) is 5.12. The summed E-state index contributed by atoms with van der Waals surface area (Å²) < 4.78 is 10.2. The second kappa shape index (κ2) is 18.0.